The highest BCUT2D eigenvalue weighted by Gasteiger charge is 2.01. The maximum atomic E-state index is 6.17. The van der Waals surface area contributed by atoms with Gasteiger partial charge in [-0.05, 0) is 42.3 Å². The summed E-state index contributed by atoms with van der Waals surface area (Å²) in [5.74, 6) is 0.865. The van der Waals surface area contributed by atoms with E-state index in [4.69, 9.17) is 16.3 Å². The van der Waals surface area contributed by atoms with E-state index in [0.29, 0.717) is 0 Å². The normalized spacial score (nSPS) is 10.2. The second kappa shape index (κ2) is 5.78. The van der Waals surface area contributed by atoms with Gasteiger partial charge in [-0.15, -0.1) is 0 Å². The lowest BCUT2D eigenvalue weighted by Gasteiger charge is -2.10. The molecule has 0 fully saturated rings. The molecular weight excluding hydrogens is 246 g/mol. The number of hydrogen-bond acceptors (Lipinski definition) is 2. The first kappa shape index (κ1) is 12.8. The van der Waals surface area contributed by atoms with E-state index in [1.807, 2.05) is 43.3 Å². The van der Waals surface area contributed by atoms with Crippen molar-refractivity contribution in [3.63, 3.8) is 0 Å². The van der Waals surface area contributed by atoms with Gasteiger partial charge in [0.05, 0.1) is 17.8 Å². The van der Waals surface area contributed by atoms with Crippen LogP contribution in [0.3, 0.4) is 0 Å². The van der Waals surface area contributed by atoms with Crippen LogP contribution in [0.25, 0.3) is 0 Å². The highest BCUT2D eigenvalue weighted by atomic mass is 35.5. The molecule has 0 radical (unpaired) electrons. The van der Waals surface area contributed by atoms with Crippen molar-refractivity contribution in [1.29, 1.82) is 0 Å². The number of halogens is 1. The van der Waals surface area contributed by atoms with E-state index in [1.165, 1.54) is 0 Å². The minimum Gasteiger partial charge on any atom is -0.497 e. The number of anilines is 1. The molecule has 2 aromatic rings. The Balaban J connectivity index is 2.06. The zero-order valence-corrected chi connectivity index (χ0v) is 11.3. The van der Waals surface area contributed by atoms with E-state index in [-0.39, 0.29) is 0 Å². The molecule has 0 aliphatic rings. The Hall–Kier alpha value is -1.67. The van der Waals surface area contributed by atoms with Gasteiger partial charge in [-0.25, -0.2) is 0 Å². The molecule has 3 heteroatoms. The monoisotopic (exact) mass is 261 g/mol. The van der Waals surface area contributed by atoms with E-state index in [1.54, 1.807) is 7.11 Å². The summed E-state index contributed by atoms with van der Waals surface area (Å²) >= 11 is 6.17. The standard InChI is InChI=1S/C15H16ClNO/c1-11-6-7-15(14(16)8-11)17-10-12-4-3-5-13(9-12)18-2/h3-9,17H,10H2,1-2H3. The lowest BCUT2D eigenvalue weighted by Crippen LogP contribution is -2.00. The zero-order valence-electron chi connectivity index (χ0n) is 10.5. The molecule has 2 aromatic carbocycles. The van der Waals surface area contributed by atoms with Gasteiger partial charge < -0.3 is 10.1 Å². The second-order valence-electron chi connectivity index (χ2n) is 4.19. The first-order valence-electron chi connectivity index (χ1n) is 5.82. The average Bonchev–Trinajstić information content (AvgIpc) is 2.38. The zero-order chi connectivity index (χ0) is 13.0. The summed E-state index contributed by atoms with van der Waals surface area (Å²) in [6.45, 7) is 2.75. The topological polar surface area (TPSA) is 21.3 Å². The first-order valence-corrected chi connectivity index (χ1v) is 6.20. The lowest BCUT2D eigenvalue weighted by molar-refractivity contribution is 0.414. The largest absolute Gasteiger partial charge is 0.497 e. The predicted molar refractivity (Wildman–Crippen MR) is 76.5 cm³/mol. The van der Waals surface area contributed by atoms with E-state index < -0.39 is 0 Å². The first-order chi connectivity index (χ1) is 8.69. The molecule has 1 N–H and O–H groups in total. The molecule has 0 saturated carbocycles. The Morgan fingerprint density at radius 1 is 1.17 bits per heavy atom. The maximum absolute atomic E-state index is 6.17. The van der Waals surface area contributed by atoms with Gasteiger partial charge in [-0.3, -0.25) is 0 Å². The van der Waals surface area contributed by atoms with Crippen LogP contribution in [0.4, 0.5) is 5.69 Å². The summed E-state index contributed by atoms with van der Waals surface area (Å²) in [7, 11) is 1.67. The van der Waals surface area contributed by atoms with Gasteiger partial charge in [0, 0.05) is 6.54 Å². The van der Waals surface area contributed by atoms with Crippen molar-refractivity contribution in [2.24, 2.45) is 0 Å². The maximum Gasteiger partial charge on any atom is 0.119 e. The van der Waals surface area contributed by atoms with Gasteiger partial charge in [0.15, 0.2) is 0 Å². The van der Waals surface area contributed by atoms with Crippen LogP contribution < -0.4 is 10.1 Å². The molecule has 2 rings (SSSR count). The smallest absolute Gasteiger partial charge is 0.119 e. The summed E-state index contributed by atoms with van der Waals surface area (Å²) in [6.07, 6.45) is 0. The molecule has 0 aliphatic heterocycles. The lowest BCUT2D eigenvalue weighted by atomic mass is 10.2. The van der Waals surface area contributed by atoms with Crippen LogP contribution in [0.5, 0.6) is 5.75 Å². The molecule has 0 spiro atoms. The van der Waals surface area contributed by atoms with Crippen molar-refractivity contribution in [3.05, 3.63) is 58.6 Å². The summed E-state index contributed by atoms with van der Waals surface area (Å²) in [6, 6.07) is 14.0. The number of benzene rings is 2. The third-order valence-electron chi connectivity index (χ3n) is 2.74. The van der Waals surface area contributed by atoms with Gasteiger partial charge >= 0.3 is 0 Å². The molecular formula is C15H16ClNO. The van der Waals surface area contributed by atoms with Gasteiger partial charge in [-0.2, -0.15) is 0 Å². The van der Waals surface area contributed by atoms with Crippen LogP contribution >= 0.6 is 11.6 Å². The number of methoxy groups -OCH3 is 1. The molecule has 0 atom stereocenters. The molecule has 0 saturated heterocycles. The summed E-state index contributed by atoms with van der Waals surface area (Å²) in [4.78, 5) is 0. The van der Waals surface area contributed by atoms with E-state index in [0.717, 1.165) is 34.1 Å². The highest BCUT2D eigenvalue weighted by molar-refractivity contribution is 6.33. The minimum absolute atomic E-state index is 0.722. The molecule has 2 nitrogen and oxygen atoms in total. The third kappa shape index (κ3) is 3.17. The quantitative estimate of drug-likeness (QED) is 0.888. The third-order valence-corrected chi connectivity index (χ3v) is 3.05. The number of rotatable bonds is 4. The number of nitrogens with one attached hydrogen (secondary N) is 1. The van der Waals surface area contributed by atoms with Gasteiger partial charge in [-0.1, -0.05) is 29.8 Å². The molecule has 0 heterocycles. The minimum atomic E-state index is 0.722. The van der Waals surface area contributed by atoms with Gasteiger partial charge in [0.1, 0.15) is 5.75 Å². The average molecular weight is 262 g/mol. The number of ether oxygens (including phenoxy) is 1. The fourth-order valence-electron chi connectivity index (χ4n) is 1.74. The van der Waals surface area contributed by atoms with Crippen molar-refractivity contribution < 1.29 is 4.74 Å². The predicted octanol–water partition coefficient (Wildman–Crippen LogP) is 4.27. The van der Waals surface area contributed by atoms with Gasteiger partial charge in [0.25, 0.3) is 0 Å². The Morgan fingerprint density at radius 2 is 2.00 bits per heavy atom. The molecule has 0 aliphatic carbocycles. The van der Waals surface area contributed by atoms with Crippen molar-refractivity contribution >= 4 is 17.3 Å². The highest BCUT2D eigenvalue weighted by Crippen LogP contribution is 2.23. The van der Waals surface area contributed by atoms with Gasteiger partial charge in [0.2, 0.25) is 0 Å². The van der Waals surface area contributed by atoms with Crippen molar-refractivity contribution in [1.82, 2.24) is 0 Å². The fourth-order valence-corrected chi connectivity index (χ4v) is 2.05. The Labute approximate surface area is 113 Å². The van der Waals surface area contributed by atoms with E-state index in [2.05, 4.69) is 11.4 Å². The van der Waals surface area contributed by atoms with Crippen LogP contribution in [-0.4, -0.2) is 7.11 Å². The molecule has 0 unspecified atom stereocenters. The van der Waals surface area contributed by atoms with Crippen molar-refractivity contribution in [3.8, 4) is 5.75 Å². The van der Waals surface area contributed by atoms with E-state index in [9.17, 15) is 0 Å². The van der Waals surface area contributed by atoms with Crippen LogP contribution in [0, 0.1) is 6.92 Å². The Kier molecular flexibility index (Phi) is 4.11. The van der Waals surface area contributed by atoms with Crippen LogP contribution in [-0.2, 0) is 6.54 Å². The summed E-state index contributed by atoms with van der Waals surface area (Å²) in [5, 5.41) is 4.07. The molecule has 0 aromatic heterocycles. The molecule has 0 amide bonds. The van der Waals surface area contributed by atoms with Crippen LogP contribution in [0.2, 0.25) is 5.02 Å². The summed E-state index contributed by atoms with van der Waals surface area (Å²) in [5.41, 5.74) is 3.27. The number of aryl methyl sites for hydroxylation is 1. The molecule has 94 valence electrons. The molecule has 18 heavy (non-hydrogen) atoms. The van der Waals surface area contributed by atoms with Crippen LogP contribution in [0.1, 0.15) is 11.1 Å². The Bertz CT molecular complexity index is 540. The van der Waals surface area contributed by atoms with E-state index >= 15 is 0 Å². The van der Waals surface area contributed by atoms with Crippen molar-refractivity contribution in [2.45, 2.75) is 13.5 Å². The number of hydrogen-bond donors (Lipinski definition) is 1. The SMILES string of the molecule is COc1cccc(CNc2ccc(C)cc2Cl)c1. The Morgan fingerprint density at radius 3 is 2.72 bits per heavy atom. The van der Waals surface area contributed by atoms with Crippen molar-refractivity contribution in [2.75, 3.05) is 12.4 Å². The fraction of sp³-hybridized carbons (Fsp3) is 0.200. The van der Waals surface area contributed by atoms with Crippen LogP contribution in [0.15, 0.2) is 42.5 Å². The second-order valence-corrected chi connectivity index (χ2v) is 4.60. The molecule has 0 bridgehead atoms. The summed E-state index contributed by atoms with van der Waals surface area (Å²) < 4.78 is 5.19.